The van der Waals surface area contributed by atoms with Gasteiger partial charge in [-0.25, -0.2) is 8.78 Å². The Balaban J connectivity index is 1.76. The normalized spacial score (nSPS) is 15.7. The number of carbonyl (C=O) groups excluding carboxylic acids is 1. The predicted molar refractivity (Wildman–Crippen MR) is 67.2 cm³/mol. The molecule has 0 aromatic heterocycles. The van der Waals surface area contributed by atoms with Gasteiger partial charge in [-0.3, -0.25) is 14.5 Å². The van der Waals surface area contributed by atoms with Crippen LogP contribution in [0.4, 0.5) is 14.5 Å². The van der Waals surface area contributed by atoms with Crippen molar-refractivity contribution in [3.8, 4) is 0 Å². The van der Waals surface area contributed by atoms with Crippen LogP contribution in [0.15, 0.2) is 18.2 Å². The summed E-state index contributed by atoms with van der Waals surface area (Å²) < 4.78 is 25.7. The largest absolute Gasteiger partial charge is 0.481 e. The van der Waals surface area contributed by atoms with E-state index in [-0.39, 0.29) is 30.5 Å². The highest BCUT2D eigenvalue weighted by Gasteiger charge is 2.29. The van der Waals surface area contributed by atoms with Crippen molar-refractivity contribution in [1.82, 2.24) is 4.90 Å². The predicted octanol–water partition coefficient (Wildman–Crippen LogP) is 1.31. The van der Waals surface area contributed by atoms with E-state index in [1.165, 1.54) is 6.07 Å². The zero-order valence-corrected chi connectivity index (χ0v) is 10.6. The van der Waals surface area contributed by atoms with E-state index in [2.05, 4.69) is 5.32 Å². The average molecular weight is 284 g/mol. The number of carboxylic acid groups (broad SMARTS) is 1. The molecule has 1 fully saturated rings. The Morgan fingerprint density at radius 1 is 1.30 bits per heavy atom. The lowest BCUT2D eigenvalue weighted by Gasteiger charge is -2.37. The molecule has 1 aliphatic rings. The van der Waals surface area contributed by atoms with Gasteiger partial charge in [-0.05, 0) is 18.1 Å². The van der Waals surface area contributed by atoms with Crippen LogP contribution in [-0.2, 0) is 9.59 Å². The second kappa shape index (κ2) is 5.96. The first-order chi connectivity index (χ1) is 9.44. The van der Waals surface area contributed by atoms with Gasteiger partial charge in [-0.2, -0.15) is 0 Å². The van der Waals surface area contributed by atoms with Crippen LogP contribution in [0.1, 0.15) is 6.42 Å². The van der Waals surface area contributed by atoms with Gasteiger partial charge in [0.15, 0.2) is 11.6 Å². The Morgan fingerprint density at radius 3 is 2.60 bits per heavy atom. The van der Waals surface area contributed by atoms with Gasteiger partial charge in [0.05, 0.1) is 13.0 Å². The van der Waals surface area contributed by atoms with Crippen LogP contribution in [0.25, 0.3) is 0 Å². The van der Waals surface area contributed by atoms with Crippen molar-refractivity contribution in [3.05, 3.63) is 29.8 Å². The Morgan fingerprint density at radius 2 is 2.00 bits per heavy atom. The molecule has 0 atom stereocenters. The molecule has 1 saturated heterocycles. The zero-order valence-electron chi connectivity index (χ0n) is 10.6. The van der Waals surface area contributed by atoms with E-state index in [0.29, 0.717) is 13.1 Å². The average Bonchev–Trinajstić information content (AvgIpc) is 2.30. The van der Waals surface area contributed by atoms with Crippen LogP contribution in [0.3, 0.4) is 0 Å². The fourth-order valence-electron chi connectivity index (χ4n) is 2.16. The van der Waals surface area contributed by atoms with Crippen molar-refractivity contribution in [3.63, 3.8) is 0 Å². The van der Waals surface area contributed by atoms with Gasteiger partial charge in [0.25, 0.3) is 0 Å². The second-order valence-corrected chi connectivity index (χ2v) is 4.84. The molecule has 2 rings (SSSR count). The van der Waals surface area contributed by atoms with E-state index < -0.39 is 17.6 Å². The first-order valence-electron chi connectivity index (χ1n) is 6.13. The first-order valence-corrected chi connectivity index (χ1v) is 6.13. The van der Waals surface area contributed by atoms with Crippen LogP contribution in [0, 0.1) is 17.6 Å². The number of likely N-dealkylation sites (tertiary alicyclic amines) is 1. The maximum atomic E-state index is 12.9. The lowest BCUT2D eigenvalue weighted by molar-refractivity contribution is -0.139. The van der Waals surface area contributed by atoms with Gasteiger partial charge in [0, 0.05) is 24.8 Å². The third-order valence-electron chi connectivity index (χ3n) is 3.07. The summed E-state index contributed by atoms with van der Waals surface area (Å²) in [7, 11) is 0. The van der Waals surface area contributed by atoms with Crippen LogP contribution >= 0.6 is 0 Å². The summed E-state index contributed by atoms with van der Waals surface area (Å²) in [6.07, 6.45) is 0.0985. The number of nitrogens with one attached hydrogen (secondary N) is 1. The highest BCUT2D eigenvalue weighted by Crippen LogP contribution is 2.19. The van der Waals surface area contributed by atoms with E-state index in [1.54, 1.807) is 4.90 Å². The molecule has 0 unspecified atom stereocenters. The third-order valence-corrected chi connectivity index (χ3v) is 3.07. The fraction of sp³-hybridized carbons (Fsp3) is 0.385. The number of halogens is 2. The summed E-state index contributed by atoms with van der Waals surface area (Å²) >= 11 is 0. The van der Waals surface area contributed by atoms with Crippen molar-refractivity contribution in [1.29, 1.82) is 0 Å². The molecule has 20 heavy (non-hydrogen) atoms. The first kappa shape index (κ1) is 14.4. The molecule has 1 aliphatic heterocycles. The van der Waals surface area contributed by atoms with E-state index in [0.717, 1.165) is 12.1 Å². The van der Waals surface area contributed by atoms with Crippen molar-refractivity contribution in [2.45, 2.75) is 6.42 Å². The standard InChI is InChI=1S/C13H14F2N2O3/c14-10-2-1-9(4-11(10)15)16-12(18)7-17-5-8(6-17)3-13(19)20/h1-2,4,8H,3,5-7H2,(H,16,18)(H,19,20). The van der Waals surface area contributed by atoms with E-state index in [9.17, 15) is 18.4 Å². The number of hydrogen-bond acceptors (Lipinski definition) is 3. The van der Waals surface area contributed by atoms with E-state index in [1.807, 2.05) is 0 Å². The molecule has 0 saturated carbocycles. The minimum atomic E-state index is -1.02. The number of benzene rings is 1. The third kappa shape index (κ3) is 3.74. The Kier molecular flexibility index (Phi) is 4.29. The highest BCUT2D eigenvalue weighted by molar-refractivity contribution is 5.92. The van der Waals surface area contributed by atoms with Gasteiger partial charge in [0.1, 0.15) is 0 Å². The van der Waals surface area contributed by atoms with E-state index >= 15 is 0 Å². The summed E-state index contributed by atoms with van der Waals surface area (Å²) in [6, 6.07) is 3.13. The topological polar surface area (TPSA) is 69.6 Å². The highest BCUT2D eigenvalue weighted by atomic mass is 19.2. The minimum Gasteiger partial charge on any atom is -0.481 e. The van der Waals surface area contributed by atoms with Crippen LogP contribution < -0.4 is 5.32 Å². The number of hydrogen-bond donors (Lipinski definition) is 2. The molecular weight excluding hydrogens is 270 g/mol. The molecule has 7 heteroatoms. The lowest BCUT2D eigenvalue weighted by Crippen LogP contribution is -2.50. The summed E-state index contributed by atoms with van der Waals surface area (Å²) in [5.41, 5.74) is 0.191. The Hall–Kier alpha value is -2.02. The minimum absolute atomic E-state index is 0.0727. The molecule has 108 valence electrons. The van der Waals surface area contributed by atoms with Crippen LogP contribution in [0.2, 0.25) is 0 Å². The van der Waals surface area contributed by atoms with Crippen molar-refractivity contribution >= 4 is 17.6 Å². The Bertz CT molecular complexity index is 530. The number of anilines is 1. The van der Waals surface area contributed by atoms with Crippen LogP contribution in [0.5, 0.6) is 0 Å². The van der Waals surface area contributed by atoms with Crippen molar-refractivity contribution in [2.75, 3.05) is 25.0 Å². The fourth-order valence-corrected chi connectivity index (χ4v) is 2.16. The second-order valence-electron chi connectivity index (χ2n) is 4.84. The maximum Gasteiger partial charge on any atom is 0.303 e. The molecule has 1 aromatic rings. The molecule has 0 radical (unpaired) electrons. The van der Waals surface area contributed by atoms with E-state index in [4.69, 9.17) is 5.11 Å². The molecule has 5 nitrogen and oxygen atoms in total. The number of nitrogens with zero attached hydrogens (tertiary/aromatic N) is 1. The zero-order chi connectivity index (χ0) is 14.7. The molecule has 1 heterocycles. The molecular formula is C13H14F2N2O3. The number of amides is 1. The number of rotatable bonds is 5. The monoisotopic (exact) mass is 284 g/mol. The SMILES string of the molecule is O=C(O)CC1CN(CC(=O)Nc2ccc(F)c(F)c2)C1. The molecule has 1 amide bonds. The van der Waals surface area contributed by atoms with Gasteiger partial charge >= 0.3 is 5.97 Å². The van der Waals surface area contributed by atoms with Crippen molar-refractivity contribution < 1.29 is 23.5 Å². The van der Waals surface area contributed by atoms with Gasteiger partial charge in [-0.15, -0.1) is 0 Å². The number of carboxylic acids is 1. The quantitative estimate of drug-likeness (QED) is 0.855. The van der Waals surface area contributed by atoms with Crippen LogP contribution in [-0.4, -0.2) is 41.5 Å². The molecule has 0 aliphatic carbocycles. The molecule has 0 spiro atoms. The number of carbonyl (C=O) groups is 2. The summed E-state index contributed by atoms with van der Waals surface area (Å²) in [4.78, 5) is 23.9. The summed E-state index contributed by atoms with van der Waals surface area (Å²) in [5.74, 6) is -3.11. The Labute approximate surface area is 114 Å². The summed E-state index contributed by atoms with van der Waals surface area (Å²) in [5, 5.41) is 11.1. The lowest BCUT2D eigenvalue weighted by atomic mass is 9.96. The van der Waals surface area contributed by atoms with Crippen molar-refractivity contribution in [2.24, 2.45) is 5.92 Å². The number of aliphatic carboxylic acids is 1. The molecule has 2 N–H and O–H groups in total. The maximum absolute atomic E-state index is 12.9. The van der Waals surface area contributed by atoms with Gasteiger partial charge in [-0.1, -0.05) is 0 Å². The smallest absolute Gasteiger partial charge is 0.303 e. The molecule has 1 aromatic carbocycles. The molecule has 0 bridgehead atoms. The van der Waals surface area contributed by atoms with Gasteiger partial charge in [0.2, 0.25) is 5.91 Å². The summed E-state index contributed by atoms with van der Waals surface area (Å²) in [6.45, 7) is 1.21. The van der Waals surface area contributed by atoms with Gasteiger partial charge < -0.3 is 10.4 Å².